The zero-order valence-electron chi connectivity index (χ0n) is 16.8. The van der Waals surface area contributed by atoms with Gasteiger partial charge in [0.25, 0.3) is 0 Å². The van der Waals surface area contributed by atoms with Gasteiger partial charge in [0.15, 0.2) is 0 Å². The number of hydrogen-bond acceptors (Lipinski definition) is 2. The minimum atomic E-state index is -0.951. The molecule has 0 spiro atoms. The molecule has 0 saturated heterocycles. The quantitative estimate of drug-likeness (QED) is 0.139. The summed E-state index contributed by atoms with van der Waals surface area (Å²) in [6.07, 6.45) is 25.3. The van der Waals surface area contributed by atoms with Crippen LogP contribution < -0.4 is 0 Å². The molecule has 24 heavy (non-hydrogen) atoms. The first-order valence-electron chi connectivity index (χ1n) is 10.4. The van der Waals surface area contributed by atoms with Gasteiger partial charge in [-0.3, -0.25) is 0 Å². The Morgan fingerprint density at radius 1 is 0.583 bits per heavy atom. The van der Waals surface area contributed by atoms with Gasteiger partial charge in [-0.25, -0.2) is 0 Å². The molecule has 0 N–H and O–H groups in total. The van der Waals surface area contributed by atoms with E-state index in [4.69, 9.17) is 8.85 Å². The highest BCUT2D eigenvalue weighted by Crippen LogP contribution is 2.12. The summed E-state index contributed by atoms with van der Waals surface area (Å²) in [6, 6.07) is 1.13. The van der Waals surface area contributed by atoms with E-state index in [1.54, 1.807) is 14.2 Å². The second-order valence-electron chi connectivity index (χ2n) is 6.82. The lowest BCUT2D eigenvalue weighted by Gasteiger charge is -2.08. The highest BCUT2D eigenvalue weighted by Gasteiger charge is 2.10. The maximum atomic E-state index is 5.30. The molecule has 0 aromatic carbocycles. The van der Waals surface area contributed by atoms with Gasteiger partial charge in [0, 0.05) is 14.2 Å². The molecule has 0 unspecified atom stereocenters. The lowest BCUT2D eigenvalue weighted by Crippen LogP contribution is -2.18. The molecular formula is C21H43O2Si. The molecule has 0 aromatic rings. The highest BCUT2D eigenvalue weighted by molar-refractivity contribution is 6.44. The van der Waals surface area contributed by atoms with E-state index in [0.29, 0.717) is 0 Å². The van der Waals surface area contributed by atoms with Crippen LogP contribution in [0.15, 0.2) is 12.2 Å². The average Bonchev–Trinajstić information content (AvgIpc) is 2.61. The normalized spacial score (nSPS) is 11.8. The number of rotatable bonds is 19. The molecular weight excluding hydrogens is 312 g/mol. The van der Waals surface area contributed by atoms with Crippen molar-refractivity contribution in [2.24, 2.45) is 0 Å². The maximum absolute atomic E-state index is 5.30. The van der Waals surface area contributed by atoms with Crippen molar-refractivity contribution >= 4 is 9.28 Å². The summed E-state index contributed by atoms with van der Waals surface area (Å²) in [5, 5.41) is 0. The molecule has 0 fully saturated rings. The van der Waals surface area contributed by atoms with Gasteiger partial charge >= 0.3 is 9.28 Å². The van der Waals surface area contributed by atoms with Gasteiger partial charge in [0.05, 0.1) is 0 Å². The zero-order chi connectivity index (χ0) is 17.7. The Kier molecular flexibility index (Phi) is 20.8. The van der Waals surface area contributed by atoms with E-state index < -0.39 is 9.28 Å². The molecule has 0 aliphatic rings. The van der Waals surface area contributed by atoms with E-state index in [9.17, 15) is 0 Å². The predicted octanol–water partition coefficient (Wildman–Crippen LogP) is 7.20. The Morgan fingerprint density at radius 3 is 1.46 bits per heavy atom. The fourth-order valence-electron chi connectivity index (χ4n) is 2.98. The SMILES string of the molecule is CCCCCCCC/C=C\CCCCCCCCC[Si](OC)OC. The molecule has 0 aliphatic carbocycles. The van der Waals surface area contributed by atoms with Crippen LogP contribution >= 0.6 is 0 Å². The van der Waals surface area contributed by atoms with Crippen LogP contribution in [0.1, 0.15) is 103 Å². The Hall–Kier alpha value is -0.123. The largest absolute Gasteiger partial charge is 0.397 e. The van der Waals surface area contributed by atoms with Crippen LogP contribution in [0.5, 0.6) is 0 Å². The third kappa shape index (κ3) is 18.2. The third-order valence-corrected chi connectivity index (χ3v) is 6.27. The van der Waals surface area contributed by atoms with Crippen molar-refractivity contribution in [1.29, 1.82) is 0 Å². The van der Waals surface area contributed by atoms with E-state index in [1.165, 1.54) is 96.3 Å². The zero-order valence-corrected chi connectivity index (χ0v) is 17.8. The standard InChI is InChI=1S/C21H43O2Si/c1-4-5-6-7-8-9-10-11-12-13-14-15-16-17-18-19-20-21-24(22-2)23-3/h11-12H,4-10,13-21H2,1-3H3/b12-11-. The van der Waals surface area contributed by atoms with Gasteiger partial charge < -0.3 is 8.85 Å². The number of unbranched alkanes of at least 4 members (excludes halogenated alkanes) is 13. The topological polar surface area (TPSA) is 18.5 Å². The monoisotopic (exact) mass is 355 g/mol. The maximum Gasteiger partial charge on any atom is 0.384 e. The third-order valence-electron chi connectivity index (χ3n) is 4.60. The summed E-state index contributed by atoms with van der Waals surface area (Å²) in [7, 11) is 2.58. The molecule has 1 radical (unpaired) electrons. The molecule has 0 bridgehead atoms. The summed E-state index contributed by atoms with van der Waals surface area (Å²) in [6.45, 7) is 2.28. The van der Waals surface area contributed by atoms with Gasteiger partial charge in [-0.05, 0) is 31.7 Å². The van der Waals surface area contributed by atoms with Gasteiger partial charge in [-0.1, -0.05) is 89.7 Å². The molecule has 0 rings (SSSR count). The molecule has 0 aromatic heterocycles. The Balaban J connectivity index is 3.13. The smallest absolute Gasteiger partial charge is 0.384 e. The van der Waals surface area contributed by atoms with Crippen molar-refractivity contribution in [3.05, 3.63) is 12.2 Å². The second kappa shape index (κ2) is 20.9. The second-order valence-corrected chi connectivity index (χ2v) is 8.88. The molecule has 0 amide bonds. The summed E-state index contributed by atoms with van der Waals surface area (Å²) >= 11 is 0. The van der Waals surface area contributed by atoms with Crippen molar-refractivity contribution in [3.8, 4) is 0 Å². The van der Waals surface area contributed by atoms with Crippen molar-refractivity contribution < 1.29 is 8.85 Å². The average molecular weight is 356 g/mol. The summed E-state index contributed by atoms with van der Waals surface area (Å²) < 4.78 is 10.6. The Bertz CT molecular complexity index is 252. The van der Waals surface area contributed by atoms with E-state index >= 15 is 0 Å². The van der Waals surface area contributed by atoms with Crippen molar-refractivity contribution in [2.75, 3.05) is 14.2 Å². The van der Waals surface area contributed by atoms with Crippen LogP contribution in [0.2, 0.25) is 6.04 Å². The highest BCUT2D eigenvalue weighted by atomic mass is 28.3. The van der Waals surface area contributed by atoms with Crippen molar-refractivity contribution in [3.63, 3.8) is 0 Å². The van der Waals surface area contributed by atoms with E-state index in [0.717, 1.165) is 6.04 Å². The van der Waals surface area contributed by atoms with Crippen LogP contribution in [0.4, 0.5) is 0 Å². The molecule has 0 heterocycles. The van der Waals surface area contributed by atoms with E-state index in [-0.39, 0.29) is 0 Å². The molecule has 0 atom stereocenters. The summed E-state index contributed by atoms with van der Waals surface area (Å²) in [5.74, 6) is 0. The lowest BCUT2D eigenvalue weighted by molar-refractivity contribution is 0.276. The number of hydrogen-bond donors (Lipinski definition) is 0. The Labute approximate surface area is 154 Å². The van der Waals surface area contributed by atoms with Crippen LogP contribution in [0, 0.1) is 0 Å². The molecule has 3 heteroatoms. The van der Waals surface area contributed by atoms with E-state index in [1.807, 2.05) is 0 Å². The lowest BCUT2D eigenvalue weighted by atomic mass is 10.1. The minimum Gasteiger partial charge on any atom is -0.397 e. The predicted molar refractivity (Wildman–Crippen MR) is 109 cm³/mol. The first kappa shape index (κ1) is 23.9. The van der Waals surface area contributed by atoms with Crippen LogP contribution in [-0.2, 0) is 8.85 Å². The van der Waals surface area contributed by atoms with Crippen LogP contribution in [0.3, 0.4) is 0 Å². The van der Waals surface area contributed by atoms with Crippen LogP contribution in [-0.4, -0.2) is 23.5 Å². The first-order chi connectivity index (χ1) is 11.8. The van der Waals surface area contributed by atoms with Crippen LogP contribution in [0.25, 0.3) is 0 Å². The van der Waals surface area contributed by atoms with Gasteiger partial charge in [0.2, 0.25) is 0 Å². The molecule has 0 saturated carbocycles. The summed E-state index contributed by atoms with van der Waals surface area (Å²) in [5.41, 5.74) is 0. The number of allylic oxidation sites excluding steroid dienone is 2. The van der Waals surface area contributed by atoms with Crippen molar-refractivity contribution in [2.45, 2.75) is 109 Å². The van der Waals surface area contributed by atoms with Crippen molar-refractivity contribution in [1.82, 2.24) is 0 Å². The first-order valence-corrected chi connectivity index (χ1v) is 12.0. The van der Waals surface area contributed by atoms with E-state index in [2.05, 4.69) is 19.1 Å². The molecule has 0 aliphatic heterocycles. The van der Waals surface area contributed by atoms with Gasteiger partial charge in [0.1, 0.15) is 0 Å². The molecule has 2 nitrogen and oxygen atoms in total. The summed E-state index contributed by atoms with van der Waals surface area (Å²) in [4.78, 5) is 0. The molecule has 143 valence electrons. The fourth-order valence-corrected chi connectivity index (χ4v) is 4.09. The Morgan fingerprint density at radius 2 is 1.00 bits per heavy atom. The minimum absolute atomic E-state index is 0.951. The fraction of sp³-hybridized carbons (Fsp3) is 0.905. The van der Waals surface area contributed by atoms with Gasteiger partial charge in [-0.15, -0.1) is 0 Å². The van der Waals surface area contributed by atoms with Gasteiger partial charge in [-0.2, -0.15) is 0 Å².